The molecule has 0 aliphatic carbocycles. The van der Waals surface area contributed by atoms with Crippen LogP contribution in [0.25, 0.3) is 0 Å². The Morgan fingerprint density at radius 2 is 2.08 bits per heavy atom. The Kier molecular flexibility index (Phi) is 4.80. The Morgan fingerprint density at radius 1 is 1.54 bits per heavy atom. The van der Waals surface area contributed by atoms with Gasteiger partial charge in [-0.05, 0) is 20.8 Å². The van der Waals surface area contributed by atoms with Crippen LogP contribution in [-0.4, -0.2) is 24.8 Å². The zero-order chi connectivity index (χ0) is 10.4. The molecule has 13 heavy (non-hydrogen) atoms. The molecule has 0 aliphatic heterocycles. The minimum Gasteiger partial charge on any atom is -0.465 e. The first-order valence-corrected chi connectivity index (χ1v) is 4.08. The fourth-order valence-corrected chi connectivity index (χ4v) is 0.903. The summed E-state index contributed by atoms with van der Waals surface area (Å²) in [6.45, 7) is 5.58. The van der Waals surface area contributed by atoms with E-state index in [1.165, 1.54) is 13.3 Å². The van der Waals surface area contributed by atoms with Crippen molar-refractivity contribution in [2.75, 3.05) is 7.11 Å². The summed E-state index contributed by atoms with van der Waals surface area (Å²) in [5.74, 6) is -0.454. The fourth-order valence-electron chi connectivity index (χ4n) is 0.903. The molecule has 0 amide bonds. The zero-order valence-electron chi connectivity index (χ0n) is 8.50. The van der Waals surface area contributed by atoms with Gasteiger partial charge in [0, 0.05) is 18.0 Å². The Bertz CT molecular complexity index is 242. The van der Waals surface area contributed by atoms with Crippen LogP contribution in [0.2, 0.25) is 0 Å². The molecule has 0 spiro atoms. The van der Waals surface area contributed by atoms with Crippen molar-refractivity contribution in [3.63, 3.8) is 0 Å². The van der Waals surface area contributed by atoms with E-state index in [1.54, 1.807) is 6.92 Å². The van der Waals surface area contributed by atoms with Crippen LogP contribution in [0.4, 0.5) is 0 Å². The maximum Gasteiger partial charge on any atom is 0.341 e. The summed E-state index contributed by atoms with van der Waals surface area (Å²) >= 11 is 0. The highest BCUT2D eigenvalue weighted by Crippen LogP contribution is 2.01. The summed E-state index contributed by atoms with van der Waals surface area (Å²) < 4.78 is 4.54. The van der Waals surface area contributed by atoms with Gasteiger partial charge in [0.05, 0.1) is 12.7 Å². The standard InChI is InChI=1S/C9H16N2O2/c1-6(2)11-7(3)8(5-10)9(12)13-4/h5-6H,10H2,1-4H3. The highest BCUT2D eigenvalue weighted by atomic mass is 16.5. The number of aliphatic imine (C=N–C) groups is 1. The first-order valence-electron chi connectivity index (χ1n) is 4.08. The second kappa shape index (κ2) is 5.35. The van der Waals surface area contributed by atoms with E-state index in [-0.39, 0.29) is 6.04 Å². The number of nitrogens with two attached hydrogens (primary N) is 1. The number of nitrogens with zero attached hydrogens (tertiary/aromatic N) is 1. The molecule has 0 atom stereocenters. The van der Waals surface area contributed by atoms with Crippen LogP contribution >= 0.6 is 0 Å². The molecule has 0 aromatic rings. The van der Waals surface area contributed by atoms with Gasteiger partial charge in [-0.3, -0.25) is 4.99 Å². The highest BCUT2D eigenvalue weighted by molar-refractivity contribution is 6.18. The minimum atomic E-state index is -0.454. The van der Waals surface area contributed by atoms with Crippen molar-refractivity contribution in [2.24, 2.45) is 10.7 Å². The van der Waals surface area contributed by atoms with Crippen molar-refractivity contribution in [1.29, 1.82) is 0 Å². The number of rotatable bonds is 3. The third-order valence-corrected chi connectivity index (χ3v) is 1.41. The van der Waals surface area contributed by atoms with E-state index in [1.807, 2.05) is 13.8 Å². The van der Waals surface area contributed by atoms with Crippen LogP contribution in [0.5, 0.6) is 0 Å². The third kappa shape index (κ3) is 3.73. The molecule has 2 N–H and O–H groups in total. The first-order chi connectivity index (χ1) is 6.02. The molecule has 4 heteroatoms. The van der Waals surface area contributed by atoms with E-state index in [2.05, 4.69) is 9.73 Å². The molecule has 0 unspecified atom stereocenters. The molecule has 0 aliphatic rings. The maximum atomic E-state index is 11.1. The predicted octanol–water partition coefficient (Wildman–Crippen LogP) is 0.871. The van der Waals surface area contributed by atoms with Gasteiger partial charge in [0.25, 0.3) is 0 Å². The van der Waals surface area contributed by atoms with Gasteiger partial charge in [0.1, 0.15) is 0 Å². The van der Waals surface area contributed by atoms with Crippen molar-refractivity contribution in [3.8, 4) is 0 Å². The number of ether oxygens (including phenoxy) is 1. The van der Waals surface area contributed by atoms with Crippen LogP contribution in [0.15, 0.2) is 16.8 Å². The molecule has 0 rings (SSSR count). The van der Waals surface area contributed by atoms with E-state index in [0.717, 1.165) is 0 Å². The Balaban J connectivity index is 4.71. The molecule has 0 heterocycles. The van der Waals surface area contributed by atoms with E-state index < -0.39 is 5.97 Å². The predicted molar refractivity (Wildman–Crippen MR) is 52.5 cm³/mol. The summed E-state index contributed by atoms with van der Waals surface area (Å²) in [4.78, 5) is 15.3. The number of carbonyl (C=O) groups is 1. The molecule has 0 aromatic heterocycles. The van der Waals surface area contributed by atoms with E-state index in [4.69, 9.17) is 5.73 Å². The molecular weight excluding hydrogens is 168 g/mol. The Morgan fingerprint density at radius 3 is 2.38 bits per heavy atom. The van der Waals surface area contributed by atoms with Crippen LogP contribution in [-0.2, 0) is 9.53 Å². The Hall–Kier alpha value is -1.32. The van der Waals surface area contributed by atoms with Crippen LogP contribution in [0, 0.1) is 0 Å². The summed E-state index contributed by atoms with van der Waals surface area (Å²) in [5, 5.41) is 0. The second-order valence-electron chi connectivity index (χ2n) is 2.88. The van der Waals surface area contributed by atoms with Gasteiger partial charge in [-0.15, -0.1) is 0 Å². The number of esters is 1. The van der Waals surface area contributed by atoms with Crippen LogP contribution in [0.3, 0.4) is 0 Å². The molecule has 0 radical (unpaired) electrons. The smallest absolute Gasteiger partial charge is 0.341 e. The summed E-state index contributed by atoms with van der Waals surface area (Å²) in [5.41, 5.74) is 6.20. The molecule has 74 valence electrons. The van der Waals surface area contributed by atoms with Gasteiger partial charge < -0.3 is 10.5 Å². The van der Waals surface area contributed by atoms with E-state index in [0.29, 0.717) is 11.3 Å². The summed E-state index contributed by atoms with van der Waals surface area (Å²) in [6.07, 6.45) is 1.22. The van der Waals surface area contributed by atoms with Crippen LogP contribution in [0.1, 0.15) is 20.8 Å². The molecule has 0 saturated carbocycles. The van der Waals surface area contributed by atoms with Gasteiger partial charge in [-0.2, -0.15) is 0 Å². The monoisotopic (exact) mass is 184 g/mol. The van der Waals surface area contributed by atoms with Gasteiger partial charge in [0.2, 0.25) is 0 Å². The summed E-state index contributed by atoms with van der Waals surface area (Å²) in [7, 11) is 1.31. The lowest BCUT2D eigenvalue weighted by atomic mass is 10.2. The quantitative estimate of drug-likeness (QED) is 0.402. The summed E-state index contributed by atoms with van der Waals surface area (Å²) in [6, 6.07) is 0.139. The van der Waals surface area contributed by atoms with Crippen molar-refractivity contribution < 1.29 is 9.53 Å². The largest absolute Gasteiger partial charge is 0.465 e. The van der Waals surface area contributed by atoms with Crippen LogP contribution < -0.4 is 5.73 Å². The average Bonchev–Trinajstić information content (AvgIpc) is 2.03. The van der Waals surface area contributed by atoms with Gasteiger partial charge in [0.15, 0.2) is 0 Å². The lowest BCUT2D eigenvalue weighted by molar-refractivity contribution is -0.135. The lowest BCUT2D eigenvalue weighted by Crippen LogP contribution is -2.15. The number of methoxy groups -OCH3 is 1. The molecule has 0 saturated heterocycles. The first kappa shape index (κ1) is 11.7. The van der Waals surface area contributed by atoms with Crippen molar-refractivity contribution in [2.45, 2.75) is 26.8 Å². The molecule has 0 aromatic carbocycles. The second-order valence-corrected chi connectivity index (χ2v) is 2.88. The highest BCUT2D eigenvalue weighted by Gasteiger charge is 2.12. The maximum absolute atomic E-state index is 11.1. The Labute approximate surface area is 78.5 Å². The van der Waals surface area contributed by atoms with Gasteiger partial charge in [-0.25, -0.2) is 4.79 Å². The number of hydrogen-bond donors (Lipinski definition) is 1. The van der Waals surface area contributed by atoms with E-state index in [9.17, 15) is 4.79 Å². The van der Waals surface area contributed by atoms with Crippen molar-refractivity contribution in [3.05, 3.63) is 11.8 Å². The van der Waals surface area contributed by atoms with E-state index >= 15 is 0 Å². The zero-order valence-corrected chi connectivity index (χ0v) is 8.50. The molecule has 0 fully saturated rings. The molecular formula is C9H16N2O2. The minimum absolute atomic E-state index is 0.139. The lowest BCUT2D eigenvalue weighted by Gasteiger charge is -2.05. The fraction of sp³-hybridized carbons (Fsp3) is 0.556. The SMILES string of the molecule is COC(=O)C(=CN)C(C)=NC(C)C. The number of hydrogen-bond acceptors (Lipinski definition) is 4. The average molecular weight is 184 g/mol. The topological polar surface area (TPSA) is 64.7 Å². The molecule has 4 nitrogen and oxygen atoms in total. The van der Waals surface area contributed by atoms with Crippen molar-refractivity contribution in [1.82, 2.24) is 0 Å². The third-order valence-electron chi connectivity index (χ3n) is 1.41. The van der Waals surface area contributed by atoms with Crippen molar-refractivity contribution >= 4 is 11.7 Å². The molecule has 0 bridgehead atoms. The van der Waals surface area contributed by atoms with Gasteiger partial charge >= 0.3 is 5.97 Å². The normalized spacial score (nSPS) is 13.3. The number of carbonyl (C=O) groups excluding carboxylic acids is 1. The van der Waals surface area contributed by atoms with Gasteiger partial charge in [-0.1, -0.05) is 0 Å².